The van der Waals surface area contributed by atoms with Crippen LogP contribution in [-0.2, 0) is 6.42 Å². The summed E-state index contributed by atoms with van der Waals surface area (Å²) in [5, 5.41) is 9.24. The van der Waals surface area contributed by atoms with E-state index in [2.05, 4.69) is 23.9 Å². The van der Waals surface area contributed by atoms with Crippen LogP contribution in [0, 0.1) is 11.8 Å². The molecule has 1 N–H and O–H groups in total. The SMILES string of the molecule is O=C(O)c1ccc(CCC[C@H]2[C@H](Cl)CC[C@@H]2C=C=Cc2ccccc2)s1. The van der Waals surface area contributed by atoms with Gasteiger partial charge in [0.05, 0.1) is 0 Å². The number of benzene rings is 1. The number of rotatable bonds is 7. The minimum atomic E-state index is -0.840. The van der Waals surface area contributed by atoms with Gasteiger partial charge in [0, 0.05) is 10.3 Å². The Morgan fingerprint density at radius 3 is 2.77 bits per heavy atom. The zero-order chi connectivity index (χ0) is 18.4. The number of alkyl halides is 1. The Bertz CT molecular complexity index is 789. The Morgan fingerprint density at radius 2 is 2.04 bits per heavy atom. The molecule has 1 saturated carbocycles. The van der Waals surface area contributed by atoms with E-state index in [1.165, 1.54) is 11.3 Å². The fourth-order valence-corrected chi connectivity index (χ4v) is 4.93. The highest BCUT2D eigenvalue weighted by molar-refractivity contribution is 7.13. The highest BCUT2D eigenvalue weighted by Gasteiger charge is 2.32. The molecular weight excluding hydrogens is 364 g/mol. The molecule has 1 fully saturated rings. The number of hydrogen-bond acceptors (Lipinski definition) is 2. The molecule has 26 heavy (non-hydrogen) atoms. The van der Waals surface area contributed by atoms with E-state index in [0.29, 0.717) is 16.7 Å². The second-order valence-corrected chi connectivity index (χ2v) is 8.50. The lowest BCUT2D eigenvalue weighted by atomic mass is 9.90. The van der Waals surface area contributed by atoms with Crippen LogP contribution < -0.4 is 0 Å². The summed E-state index contributed by atoms with van der Waals surface area (Å²) in [6, 6.07) is 13.8. The summed E-state index contributed by atoms with van der Waals surface area (Å²) in [4.78, 5) is 12.5. The summed E-state index contributed by atoms with van der Waals surface area (Å²) in [7, 11) is 0. The Labute approximate surface area is 163 Å². The Hall–Kier alpha value is -1.80. The quantitative estimate of drug-likeness (QED) is 0.449. The highest BCUT2D eigenvalue weighted by Crippen LogP contribution is 2.39. The van der Waals surface area contributed by atoms with Crippen molar-refractivity contribution in [2.75, 3.05) is 0 Å². The van der Waals surface area contributed by atoms with Crippen molar-refractivity contribution >= 4 is 35.0 Å². The number of thiophene rings is 1. The van der Waals surface area contributed by atoms with Crippen LogP contribution in [0.15, 0.2) is 54.3 Å². The van der Waals surface area contributed by atoms with Crippen molar-refractivity contribution in [1.29, 1.82) is 0 Å². The summed E-state index contributed by atoms with van der Waals surface area (Å²) in [5.41, 5.74) is 4.51. The molecule has 1 aliphatic carbocycles. The smallest absolute Gasteiger partial charge is 0.345 e. The Balaban J connectivity index is 1.55. The van der Waals surface area contributed by atoms with E-state index < -0.39 is 5.97 Å². The average molecular weight is 387 g/mol. The van der Waals surface area contributed by atoms with Crippen molar-refractivity contribution in [2.24, 2.45) is 11.8 Å². The van der Waals surface area contributed by atoms with Crippen LogP contribution in [0.3, 0.4) is 0 Å². The number of carboxylic acid groups (broad SMARTS) is 1. The van der Waals surface area contributed by atoms with E-state index in [4.69, 9.17) is 16.7 Å². The van der Waals surface area contributed by atoms with Crippen LogP contribution >= 0.6 is 22.9 Å². The van der Waals surface area contributed by atoms with Gasteiger partial charge in [-0.2, -0.15) is 0 Å². The normalized spacial score (nSPS) is 22.0. The van der Waals surface area contributed by atoms with Crippen molar-refractivity contribution in [3.63, 3.8) is 0 Å². The fourth-order valence-electron chi connectivity index (χ4n) is 3.61. The topological polar surface area (TPSA) is 37.3 Å². The van der Waals surface area contributed by atoms with Crippen molar-refractivity contribution < 1.29 is 9.90 Å². The highest BCUT2D eigenvalue weighted by atomic mass is 35.5. The molecule has 1 aromatic carbocycles. The first-order chi connectivity index (χ1) is 12.6. The third kappa shape index (κ3) is 5.11. The molecule has 0 unspecified atom stereocenters. The molecule has 1 aliphatic rings. The largest absolute Gasteiger partial charge is 0.477 e. The third-order valence-electron chi connectivity index (χ3n) is 4.98. The van der Waals surface area contributed by atoms with Gasteiger partial charge < -0.3 is 5.11 Å². The van der Waals surface area contributed by atoms with Gasteiger partial charge in [-0.1, -0.05) is 30.3 Å². The predicted octanol–water partition coefficient (Wildman–Crippen LogP) is 6.27. The molecule has 0 bridgehead atoms. The molecule has 2 aromatic rings. The second-order valence-electron chi connectivity index (χ2n) is 6.77. The summed E-state index contributed by atoms with van der Waals surface area (Å²) >= 11 is 7.94. The van der Waals surface area contributed by atoms with E-state index in [-0.39, 0.29) is 5.38 Å². The molecule has 0 aliphatic heterocycles. The lowest BCUT2D eigenvalue weighted by Gasteiger charge is -2.18. The molecule has 1 aromatic heterocycles. The zero-order valence-electron chi connectivity index (χ0n) is 14.6. The van der Waals surface area contributed by atoms with Crippen molar-refractivity contribution in [2.45, 2.75) is 37.5 Å². The predicted molar refractivity (Wildman–Crippen MR) is 109 cm³/mol. The van der Waals surface area contributed by atoms with Crippen LogP contribution in [0.4, 0.5) is 0 Å². The van der Waals surface area contributed by atoms with Gasteiger partial charge in [0.2, 0.25) is 0 Å². The summed E-state index contributed by atoms with van der Waals surface area (Å²) in [6.45, 7) is 0. The Kier molecular flexibility index (Phi) is 6.73. The van der Waals surface area contributed by atoms with Gasteiger partial charge in [-0.05, 0) is 73.8 Å². The molecule has 3 rings (SSSR count). The molecule has 3 atom stereocenters. The maximum absolute atomic E-state index is 11.0. The van der Waals surface area contributed by atoms with E-state index in [0.717, 1.165) is 42.5 Å². The monoisotopic (exact) mass is 386 g/mol. The van der Waals surface area contributed by atoms with Gasteiger partial charge in [0.1, 0.15) is 4.88 Å². The first-order valence-electron chi connectivity index (χ1n) is 9.07. The van der Waals surface area contributed by atoms with Crippen LogP contribution in [0.1, 0.15) is 45.8 Å². The van der Waals surface area contributed by atoms with Gasteiger partial charge in [0.25, 0.3) is 0 Å². The lowest BCUT2D eigenvalue weighted by Crippen LogP contribution is -2.13. The van der Waals surface area contributed by atoms with Gasteiger partial charge >= 0.3 is 5.97 Å². The molecule has 4 heteroatoms. The number of carbonyl (C=O) groups is 1. The molecule has 1 heterocycles. The van der Waals surface area contributed by atoms with E-state index >= 15 is 0 Å². The van der Waals surface area contributed by atoms with Gasteiger partial charge in [0.15, 0.2) is 0 Å². The summed E-state index contributed by atoms with van der Waals surface area (Å²) < 4.78 is 0. The maximum atomic E-state index is 11.0. The number of allylic oxidation sites excluding steroid dienone is 1. The molecule has 136 valence electrons. The molecular formula is C22H23ClO2S. The average Bonchev–Trinajstić information content (AvgIpc) is 3.24. The number of aromatic carboxylic acids is 1. The first-order valence-corrected chi connectivity index (χ1v) is 10.3. The number of hydrogen-bond donors (Lipinski definition) is 1. The van der Waals surface area contributed by atoms with Crippen LogP contribution in [0.2, 0.25) is 0 Å². The first kappa shape index (κ1) is 19.0. The van der Waals surface area contributed by atoms with Crippen LogP contribution in [0.5, 0.6) is 0 Å². The summed E-state index contributed by atoms with van der Waals surface area (Å²) in [6.07, 6.45) is 9.43. The van der Waals surface area contributed by atoms with Crippen molar-refractivity contribution in [3.05, 3.63) is 69.6 Å². The second kappa shape index (κ2) is 9.23. The maximum Gasteiger partial charge on any atom is 0.345 e. The lowest BCUT2D eigenvalue weighted by molar-refractivity contribution is 0.0702. The van der Waals surface area contributed by atoms with Crippen molar-refractivity contribution in [1.82, 2.24) is 0 Å². The minimum absolute atomic E-state index is 0.229. The van der Waals surface area contributed by atoms with Crippen molar-refractivity contribution in [3.8, 4) is 0 Å². The third-order valence-corrected chi connectivity index (χ3v) is 6.66. The van der Waals surface area contributed by atoms with E-state index in [9.17, 15) is 4.79 Å². The summed E-state index contributed by atoms with van der Waals surface area (Å²) in [5.74, 6) is 0.121. The van der Waals surface area contributed by atoms with E-state index in [1.807, 2.05) is 30.3 Å². The minimum Gasteiger partial charge on any atom is -0.477 e. The zero-order valence-corrected chi connectivity index (χ0v) is 16.2. The molecule has 0 spiro atoms. The molecule has 0 saturated heterocycles. The molecule has 2 nitrogen and oxygen atoms in total. The van der Waals surface area contributed by atoms with E-state index in [1.54, 1.807) is 6.07 Å². The van der Waals surface area contributed by atoms with Gasteiger partial charge in [-0.3, -0.25) is 0 Å². The van der Waals surface area contributed by atoms with Crippen LogP contribution in [0.25, 0.3) is 6.08 Å². The molecule has 0 radical (unpaired) electrons. The van der Waals surface area contributed by atoms with Gasteiger partial charge in [-0.15, -0.1) is 28.7 Å². The Morgan fingerprint density at radius 1 is 1.23 bits per heavy atom. The number of carboxylic acids is 1. The standard InChI is InChI=1S/C22H23ClO2S/c23-20-14-12-17(9-4-8-16-6-2-1-3-7-16)19(20)11-5-10-18-13-15-21(26-18)22(24)25/h1-3,6-9,13,15,17,19-20H,5,10-12,14H2,(H,24,25)/t4?,17-,19+,20+/m0/s1. The van der Waals surface area contributed by atoms with Gasteiger partial charge in [-0.25, -0.2) is 4.79 Å². The number of halogens is 1. The number of aryl methyl sites for hydroxylation is 1. The molecule has 0 amide bonds. The fraction of sp³-hybridized carbons (Fsp3) is 0.364. The van der Waals surface area contributed by atoms with Crippen LogP contribution in [-0.4, -0.2) is 16.5 Å².